The summed E-state index contributed by atoms with van der Waals surface area (Å²) in [7, 11) is -0.962. The number of nitrogens with zero attached hydrogens (tertiary/aromatic N) is 3. The third-order valence-corrected chi connectivity index (χ3v) is 0.848. The van der Waals surface area contributed by atoms with Crippen LogP contribution in [0, 0.1) is 0 Å². The van der Waals surface area contributed by atoms with Gasteiger partial charge in [-0.1, -0.05) is 13.1 Å². The van der Waals surface area contributed by atoms with Gasteiger partial charge in [-0.2, -0.15) is 0 Å². The molecular formula is C2H7N3Si. The van der Waals surface area contributed by atoms with Crippen molar-refractivity contribution in [3.63, 3.8) is 0 Å². The Labute approximate surface area is 38.3 Å². The quantitative estimate of drug-likeness (QED) is 0.207. The van der Waals surface area contributed by atoms with E-state index in [2.05, 4.69) is 9.69 Å². The first-order valence-corrected chi connectivity index (χ1v) is 4.64. The number of hydrogen-bond acceptors (Lipinski definition) is 1. The molecule has 0 spiro atoms. The zero-order chi connectivity index (χ0) is 4.99. The molecule has 0 radical (unpaired) electrons. The standard InChI is InChI=1S/C2H7N3Si/c1-6(2)5-4-3/h6H,1-2H3. The minimum atomic E-state index is -0.962. The Balaban J connectivity index is 3.29. The summed E-state index contributed by atoms with van der Waals surface area (Å²) >= 11 is 0. The van der Waals surface area contributed by atoms with Gasteiger partial charge in [0.15, 0.2) is 0 Å². The smallest absolute Gasteiger partial charge is 0.128 e. The molecule has 6 heavy (non-hydrogen) atoms. The molecule has 0 fully saturated rings. The van der Waals surface area contributed by atoms with Crippen LogP contribution in [0.15, 0.2) is 4.78 Å². The Hall–Kier alpha value is -0.473. The van der Waals surface area contributed by atoms with Crippen molar-refractivity contribution < 1.29 is 0 Å². The van der Waals surface area contributed by atoms with Gasteiger partial charge in [0.1, 0.15) is 8.96 Å². The molecule has 0 aromatic carbocycles. The van der Waals surface area contributed by atoms with E-state index in [-0.39, 0.29) is 0 Å². The predicted molar refractivity (Wildman–Crippen MR) is 28.0 cm³/mol. The van der Waals surface area contributed by atoms with Gasteiger partial charge < -0.3 is 0 Å². The maximum Gasteiger partial charge on any atom is 0.134 e. The summed E-state index contributed by atoms with van der Waals surface area (Å²) in [5, 5.41) is 0. The van der Waals surface area contributed by atoms with Crippen LogP contribution in [0.4, 0.5) is 0 Å². The highest BCUT2D eigenvalue weighted by atomic mass is 28.3. The van der Waals surface area contributed by atoms with Crippen molar-refractivity contribution in [2.45, 2.75) is 13.1 Å². The van der Waals surface area contributed by atoms with Crippen molar-refractivity contribution in [3.05, 3.63) is 10.4 Å². The van der Waals surface area contributed by atoms with E-state index in [1.165, 1.54) is 0 Å². The molecule has 0 heterocycles. The molecule has 4 heteroatoms. The van der Waals surface area contributed by atoms with E-state index in [9.17, 15) is 0 Å². The Bertz CT molecular complexity index is 72.9. The summed E-state index contributed by atoms with van der Waals surface area (Å²) in [5.41, 5.74) is 7.73. The van der Waals surface area contributed by atoms with Crippen LogP contribution in [-0.4, -0.2) is 8.96 Å². The fourth-order valence-corrected chi connectivity index (χ4v) is 0.310. The number of rotatable bonds is 1. The van der Waals surface area contributed by atoms with Crippen LogP contribution in [0.3, 0.4) is 0 Å². The molecule has 0 aliphatic heterocycles. The van der Waals surface area contributed by atoms with Gasteiger partial charge >= 0.3 is 0 Å². The second-order valence-electron chi connectivity index (χ2n) is 1.30. The zero-order valence-corrected chi connectivity index (χ0v) is 5.07. The Morgan fingerprint density at radius 2 is 2.17 bits per heavy atom. The highest BCUT2D eigenvalue weighted by Gasteiger charge is 1.82. The maximum atomic E-state index is 7.73. The van der Waals surface area contributed by atoms with Crippen LogP contribution in [0.5, 0.6) is 0 Å². The van der Waals surface area contributed by atoms with Crippen LogP contribution in [0.1, 0.15) is 0 Å². The topological polar surface area (TPSA) is 48.8 Å². The lowest BCUT2D eigenvalue weighted by Crippen LogP contribution is -1.88. The van der Waals surface area contributed by atoms with Crippen LogP contribution < -0.4 is 0 Å². The van der Waals surface area contributed by atoms with E-state index in [1.807, 2.05) is 13.1 Å². The van der Waals surface area contributed by atoms with Gasteiger partial charge in [-0.05, 0) is 10.4 Å². The predicted octanol–water partition coefficient (Wildman–Crippen LogP) is 1.28. The summed E-state index contributed by atoms with van der Waals surface area (Å²) in [4.78, 5) is 2.62. The van der Waals surface area contributed by atoms with Crippen molar-refractivity contribution in [3.8, 4) is 0 Å². The van der Waals surface area contributed by atoms with Crippen molar-refractivity contribution in [2.75, 3.05) is 0 Å². The molecule has 0 aromatic rings. The van der Waals surface area contributed by atoms with E-state index in [4.69, 9.17) is 5.53 Å². The van der Waals surface area contributed by atoms with Crippen molar-refractivity contribution >= 4 is 8.96 Å². The lowest BCUT2D eigenvalue weighted by molar-refractivity contribution is 1.63. The Kier molecular flexibility index (Phi) is 2.53. The first kappa shape index (κ1) is 5.53. The molecule has 0 atom stereocenters. The Morgan fingerprint density at radius 3 is 2.17 bits per heavy atom. The van der Waals surface area contributed by atoms with Crippen LogP contribution >= 0.6 is 0 Å². The first-order chi connectivity index (χ1) is 2.77. The van der Waals surface area contributed by atoms with E-state index in [0.29, 0.717) is 0 Å². The van der Waals surface area contributed by atoms with Crippen LogP contribution in [0.2, 0.25) is 13.1 Å². The summed E-state index contributed by atoms with van der Waals surface area (Å²) in [6.07, 6.45) is 0. The number of hydrogen-bond donors (Lipinski definition) is 0. The maximum absolute atomic E-state index is 7.73. The summed E-state index contributed by atoms with van der Waals surface area (Å²) in [5.74, 6) is 0. The fourth-order valence-electron chi connectivity index (χ4n) is 0.103. The average Bonchev–Trinajstić information content (AvgIpc) is 1.35. The van der Waals surface area contributed by atoms with Gasteiger partial charge in [-0.3, -0.25) is 0 Å². The van der Waals surface area contributed by atoms with Gasteiger partial charge in [0.2, 0.25) is 0 Å². The van der Waals surface area contributed by atoms with Crippen molar-refractivity contribution in [1.29, 1.82) is 0 Å². The highest BCUT2D eigenvalue weighted by molar-refractivity contribution is 6.53. The number of azide groups is 1. The molecule has 0 aliphatic carbocycles. The van der Waals surface area contributed by atoms with Crippen LogP contribution in [-0.2, 0) is 0 Å². The Morgan fingerprint density at radius 1 is 1.67 bits per heavy atom. The SMILES string of the molecule is C[SiH](C)N=[N+]=[N-]. The van der Waals surface area contributed by atoms with E-state index in [0.717, 1.165) is 0 Å². The largest absolute Gasteiger partial charge is 0.134 e. The van der Waals surface area contributed by atoms with Gasteiger partial charge in [0.25, 0.3) is 0 Å². The summed E-state index contributed by atoms with van der Waals surface area (Å²) < 4.78 is 3.44. The molecule has 0 saturated carbocycles. The lowest BCUT2D eigenvalue weighted by atomic mass is 11.9. The molecule has 0 unspecified atom stereocenters. The normalized spacial score (nSPS) is 7.83. The molecule has 0 amide bonds. The van der Waals surface area contributed by atoms with Gasteiger partial charge in [-0.25, -0.2) is 0 Å². The van der Waals surface area contributed by atoms with Crippen molar-refractivity contribution in [2.24, 2.45) is 4.78 Å². The minimum absolute atomic E-state index is 0.962. The first-order valence-electron chi connectivity index (χ1n) is 1.81. The summed E-state index contributed by atoms with van der Waals surface area (Å²) in [6.45, 7) is 3.94. The van der Waals surface area contributed by atoms with Gasteiger partial charge in [-0.15, -0.1) is 4.78 Å². The second-order valence-corrected chi connectivity index (χ2v) is 3.72. The third-order valence-electron chi connectivity index (χ3n) is 0.283. The third kappa shape index (κ3) is 3.53. The molecule has 3 nitrogen and oxygen atoms in total. The fraction of sp³-hybridized carbons (Fsp3) is 1.00. The molecule has 0 rings (SSSR count). The molecule has 0 bridgehead atoms. The molecule has 0 aliphatic rings. The summed E-state index contributed by atoms with van der Waals surface area (Å²) in [6, 6.07) is 0. The van der Waals surface area contributed by atoms with E-state index in [1.54, 1.807) is 0 Å². The highest BCUT2D eigenvalue weighted by Crippen LogP contribution is 1.77. The molecule has 0 N–H and O–H groups in total. The van der Waals surface area contributed by atoms with E-state index >= 15 is 0 Å². The molecular weight excluding hydrogens is 94.1 g/mol. The average molecular weight is 101 g/mol. The van der Waals surface area contributed by atoms with Gasteiger partial charge in [0.05, 0.1) is 0 Å². The molecule has 34 valence electrons. The molecule has 0 aromatic heterocycles. The monoisotopic (exact) mass is 101 g/mol. The molecule has 0 saturated heterocycles. The van der Waals surface area contributed by atoms with Crippen LogP contribution in [0.25, 0.3) is 10.4 Å². The van der Waals surface area contributed by atoms with E-state index < -0.39 is 8.96 Å². The van der Waals surface area contributed by atoms with Gasteiger partial charge in [0, 0.05) is 0 Å². The van der Waals surface area contributed by atoms with Crippen molar-refractivity contribution in [1.82, 2.24) is 0 Å². The lowest BCUT2D eigenvalue weighted by Gasteiger charge is -1.78. The second kappa shape index (κ2) is 2.75. The zero-order valence-electron chi connectivity index (χ0n) is 3.92. The minimum Gasteiger partial charge on any atom is -0.128 e.